The first-order valence-corrected chi connectivity index (χ1v) is 9.53. The van der Waals surface area contributed by atoms with Crippen LogP contribution in [0.1, 0.15) is 19.4 Å². The topological polar surface area (TPSA) is 55.0 Å². The van der Waals surface area contributed by atoms with Crippen molar-refractivity contribution in [3.63, 3.8) is 0 Å². The van der Waals surface area contributed by atoms with Gasteiger partial charge in [-0.2, -0.15) is 5.10 Å². The molecule has 2 aromatic carbocycles. The molecule has 138 valence electrons. The lowest BCUT2D eigenvalue weighted by molar-refractivity contribution is 0.306. The van der Waals surface area contributed by atoms with Crippen molar-refractivity contribution in [3.8, 4) is 17.0 Å². The van der Waals surface area contributed by atoms with Gasteiger partial charge in [-0.3, -0.25) is 4.79 Å². The van der Waals surface area contributed by atoms with Crippen molar-refractivity contribution >= 4 is 21.4 Å². The molecule has 27 heavy (non-hydrogen) atoms. The molecule has 4 nitrogen and oxygen atoms in total. The summed E-state index contributed by atoms with van der Waals surface area (Å²) in [5.41, 5.74) is 1.95. The Morgan fingerprint density at radius 3 is 2.67 bits per heavy atom. The van der Waals surface area contributed by atoms with Gasteiger partial charge in [-0.05, 0) is 29.1 Å². The van der Waals surface area contributed by atoms with Crippen LogP contribution in [0.15, 0.2) is 64.8 Å². The number of aromatic amines is 1. The normalized spacial score (nSPS) is 10.3. The molecule has 4 aromatic rings. The maximum atomic E-state index is 13.8. The summed E-state index contributed by atoms with van der Waals surface area (Å²) in [6.45, 7) is 4.31. The molecule has 2 heterocycles. The lowest BCUT2D eigenvalue weighted by atomic mass is 10.1. The summed E-state index contributed by atoms with van der Waals surface area (Å²) in [7, 11) is 0. The van der Waals surface area contributed by atoms with Gasteiger partial charge in [0, 0.05) is 11.6 Å². The fourth-order valence-corrected chi connectivity index (χ4v) is 3.51. The minimum Gasteiger partial charge on any atom is -0.488 e. The molecular weight excluding hydrogens is 363 g/mol. The van der Waals surface area contributed by atoms with Crippen LogP contribution >= 0.6 is 11.3 Å². The van der Waals surface area contributed by atoms with E-state index in [0.29, 0.717) is 29.0 Å². The van der Waals surface area contributed by atoms with Gasteiger partial charge in [0.1, 0.15) is 23.9 Å². The van der Waals surface area contributed by atoms with Crippen molar-refractivity contribution in [2.24, 2.45) is 0 Å². The Morgan fingerprint density at radius 1 is 1.11 bits per heavy atom. The van der Waals surface area contributed by atoms with Crippen LogP contribution in [0, 0.1) is 5.82 Å². The van der Waals surface area contributed by atoms with E-state index in [-0.39, 0.29) is 5.56 Å². The largest absolute Gasteiger partial charge is 0.488 e. The number of halogens is 1. The van der Waals surface area contributed by atoms with E-state index in [0.717, 1.165) is 10.3 Å². The monoisotopic (exact) mass is 382 g/mol. The Balaban J connectivity index is 0.00000102. The van der Waals surface area contributed by atoms with Crippen LogP contribution in [0.5, 0.6) is 5.75 Å². The van der Waals surface area contributed by atoms with Gasteiger partial charge < -0.3 is 4.74 Å². The Bertz CT molecular complexity index is 1090. The highest BCUT2D eigenvalue weighted by atomic mass is 32.1. The third-order valence-corrected chi connectivity index (χ3v) is 4.75. The molecule has 0 aliphatic carbocycles. The molecule has 0 aliphatic heterocycles. The van der Waals surface area contributed by atoms with Crippen molar-refractivity contribution in [2.45, 2.75) is 20.5 Å². The summed E-state index contributed by atoms with van der Waals surface area (Å²) in [6.07, 6.45) is 0. The van der Waals surface area contributed by atoms with Gasteiger partial charge in [0.05, 0.1) is 10.1 Å². The van der Waals surface area contributed by atoms with Gasteiger partial charge in [-0.15, -0.1) is 11.3 Å². The number of benzene rings is 2. The SMILES string of the molecule is CC.O=c1[nH]nc(-c2ccc(F)cc2OCc2ccccc2)c2sccc12. The highest BCUT2D eigenvalue weighted by Gasteiger charge is 2.15. The molecule has 0 amide bonds. The molecule has 0 atom stereocenters. The molecule has 0 unspecified atom stereocenters. The number of thiophene rings is 1. The van der Waals surface area contributed by atoms with E-state index >= 15 is 0 Å². The van der Waals surface area contributed by atoms with Gasteiger partial charge in [-0.25, -0.2) is 9.49 Å². The Hall–Kier alpha value is -2.99. The van der Waals surface area contributed by atoms with Crippen LogP contribution in [0.3, 0.4) is 0 Å². The molecule has 6 heteroatoms. The van der Waals surface area contributed by atoms with E-state index < -0.39 is 5.82 Å². The molecule has 0 spiro atoms. The summed E-state index contributed by atoms with van der Waals surface area (Å²) in [5.74, 6) is -0.00300. The molecule has 0 saturated carbocycles. The number of fused-ring (bicyclic) bond motifs is 1. The third kappa shape index (κ3) is 4.06. The van der Waals surface area contributed by atoms with Crippen LogP contribution in [0.25, 0.3) is 21.3 Å². The van der Waals surface area contributed by atoms with Crippen LogP contribution in [-0.4, -0.2) is 10.2 Å². The Kier molecular flexibility index (Phi) is 5.98. The number of hydrogen-bond acceptors (Lipinski definition) is 4. The van der Waals surface area contributed by atoms with Gasteiger partial charge in [-0.1, -0.05) is 44.2 Å². The minimum atomic E-state index is -0.390. The lowest BCUT2D eigenvalue weighted by Gasteiger charge is -2.12. The molecule has 2 aromatic heterocycles. The quantitative estimate of drug-likeness (QED) is 0.514. The van der Waals surface area contributed by atoms with Crippen molar-refractivity contribution < 1.29 is 9.13 Å². The fraction of sp³-hybridized carbons (Fsp3) is 0.143. The average Bonchev–Trinajstić information content (AvgIpc) is 3.21. The van der Waals surface area contributed by atoms with E-state index in [9.17, 15) is 9.18 Å². The summed E-state index contributed by atoms with van der Waals surface area (Å²) in [5, 5.41) is 9.06. The first-order valence-electron chi connectivity index (χ1n) is 8.65. The number of aromatic nitrogens is 2. The van der Waals surface area contributed by atoms with E-state index in [1.807, 2.05) is 49.6 Å². The van der Waals surface area contributed by atoms with Crippen molar-refractivity contribution in [1.29, 1.82) is 0 Å². The van der Waals surface area contributed by atoms with Crippen molar-refractivity contribution in [3.05, 3.63) is 81.7 Å². The molecule has 0 radical (unpaired) electrons. The number of ether oxygens (including phenoxy) is 1. The number of rotatable bonds is 4. The van der Waals surface area contributed by atoms with Crippen LogP contribution in [0.2, 0.25) is 0 Å². The predicted molar refractivity (Wildman–Crippen MR) is 108 cm³/mol. The molecule has 0 saturated heterocycles. The van der Waals surface area contributed by atoms with Crippen molar-refractivity contribution in [2.75, 3.05) is 0 Å². The summed E-state index contributed by atoms with van der Waals surface area (Å²) >= 11 is 1.42. The van der Waals surface area contributed by atoms with Gasteiger partial charge >= 0.3 is 0 Å². The first kappa shape index (κ1) is 18.8. The summed E-state index contributed by atoms with van der Waals surface area (Å²) in [4.78, 5) is 11.9. The van der Waals surface area contributed by atoms with Gasteiger partial charge in [0.25, 0.3) is 5.56 Å². The molecular formula is C21H19FN2O2S. The van der Waals surface area contributed by atoms with Crippen molar-refractivity contribution in [1.82, 2.24) is 10.2 Å². The van der Waals surface area contributed by atoms with Crippen LogP contribution < -0.4 is 10.3 Å². The minimum absolute atomic E-state index is 0.242. The van der Waals surface area contributed by atoms with Crippen LogP contribution in [-0.2, 0) is 6.61 Å². The number of hydrogen-bond donors (Lipinski definition) is 1. The van der Waals surface area contributed by atoms with Gasteiger partial charge in [0.2, 0.25) is 0 Å². The second-order valence-electron chi connectivity index (χ2n) is 5.48. The molecule has 0 bridgehead atoms. The second-order valence-corrected chi connectivity index (χ2v) is 6.40. The zero-order valence-electron chi connectivity index (χ0n) is 15.0. The lowest BCUT2D eigenvalue weighted by Crippen LogP contribution is -2.08. The molecule has 1 N–H and O–H groups in total. The van der Waals surface area contributed by atoms with Gasteiger partial charge in [0.15, 0.2) is 0 Å². The van der Waals surface area contributed by atoms with E-state index in [1.165, 1.54) is 23.5 Å². The third-order valence-electron chi connectivity index (χ3n) is 3.83. The van der Waals surface area contributed by atoms with Crippen LogP contribution in [0.4, 0.5) is 4.39 Å². The molecule has 0 aliphatic rings. The van der Waals surface area contributed by atoms with E-state index in [4.69, 9.17) is 4.74 Å². The zero-order chi connectivity index (χ0) is 19.2. The highest BCUT2D eigenvalue weighted by molar-refractivity contribution is 7.17. The maximum Gasteiger partial charge on any atom is 0.272 e. The van der Waals surface area contributed by atoms with E-state index in [2.05, 4.69) is 10.2 Å². The molecule has 0 fully saturated rings. The van der Waals surface area contributed by atoms with E-state index in [1.54, 1.807) is 12.1 Å². The first-order chi connectivity index (χ1) is 13.2. The fourth-order valence-electron chi connectivity index (χ4n) is 2.62. The molecule has 4 rings (SSSR count). The number of nitrogens with zero attached hydrogens (tertiary/aromatic N) is 1. The standard InChI is InChI=1S/C19H13FN2O2S.C2H6/c20-13-6-7-14(16(10-13)24-11-12-4-2-1-3-5-12)17-18-15(8-9-25-18)19(23)22-21-17;1-2/h1-10H,11H2,(H,22,23);1-2H3. The Morgan fingerprint density at radius 2 is 1.89 bits per heavy atom. The Labute approximate surface area is 160 Å². The summed E-state index contributed by atoms with van der Waals surface area (Å²) in [6, 6.07) is 15.7. The maximum absolute atomic E-state index is 13.8. The number of H-pyrrole nitrogens is 1. The summed E-state index contributed by atoms with van der Waals surface area (Å²) < 4.78 is 20.3. The number of nitrogens with one attached hydrogen (secondary N) is 1. The smallest absolute Gasteiger partial charge is 0.272 e. The average molecular weight is 382 g/mol. The second kappa shape index (κ2) is 8.60. The highest BCUT2D eigenvalue weighted by Crippen LogP contribution is 2.35. The predicted octanol–water partition coefficient (Wildman–Crippen LogP) is 5.40. The zero-order valence-corrected chi connectivity index (χ0v) is 15.8.